The Balaban J connectivity index is 1.25. The number of rotatable bonds is 10. The first-order valence-electron chi connectivity index (χ1n) is 18.3. The molecule has 2 fully saturated rings. The molecular formula is C43H60O10. The number of phenols is 2. The molecule has 4 rings (SSSR count). The van der Waals surface area contributed by atoms with Crippen LogP contribution < -0.4 is 0 Å². The van der Waals surface area contributed by atoms with Crippen molar-refractivity contribution in [2.75, 3.05) is 39.6 Å². The molecule has 2 aliphatic heterocycles. The molecule has 1 spiro atoms. The monoisotopic (exact) mass is 736 g/mol. The predicted molar refractivity (Wildman–Crippen MR) is 204 cm³/mol. The summed E-state index contributed by atoms with van der Waals surface area (Å²) < 4.78 is 35.9. The van der Waals surface area contributed by atoms with Crippen LogP contribution in [0.15, 0.2) is 36.4 Å². The first-order chi connectivity index (χ1) is 24.5. The number of hydrogen-bond acceptors (Lipinski definition) is 10. The summed E-state index contributed by atoms with van der Waals surface area (Å²) in [6.45, 7) is 24.9. The van der Waals surface area contributed by atoms with E-state index in [1.54, 1.807) is 12.2 Å². The van der Waals surface area contributed by atoms with E-state index in [9.17, 15) is 19.8 Å². The molecule has 2 N–H and O–H groups in total. The minimum absolute atomic E-state index is 0.0710. The molecule has 0 saturated carbocycles. The summed E-state index contributed by atoms with van der Waals surface area (Å²) in [5, 5.41) is 21.4. The topological polar surface area (TPSA) is 130 Å². The standard InChI is InChI=1S/C43H60O10/c1-27-13-15-29(33(35(27)46)39(3,4)5)17-19-31(44)48-21-41(9,10)37-50-23-43(24-51-37)25-52-38(53-26-43)42(11,12)22-49-32(45)20-18-30-16-14-28(2)36(47)34(30)40(6,7)8/h13-20,37-38,46-47H,21-26H2,1-12H3/b19-17+,20-18+. The van der Waals surface area contributed by atoms with Gasteiger partial charge in [0.1, 0.15) is 24.7 Å². The van der Waals surface area contributed by atoms with Gasteiger partial charge in [-0.25, -0.2) is 9.59 Å². The number of aromatic hydroxyl groups is 2. The average Bonchev–Trinajstić information content (AvgIpc) is 3.06. The fourth-order valence-corrected chi connectivity index (χ4v) is 6.60. The number of carbonyl (C=O) groups excluding carboxylic acids is 2. The van der Waals surface area contributed by atoms with Gasteiger partial charge in [0.15, 0.2) is 12.6 Å². The molecule has 53 heavy (non-hydrogen) atoms. The van der Waals surface area contributed by atoms with Crippen LogP contribution in [-0.4, -0.2) is 74.4 Å². The lowest BCUT2D eigenvalue weighted by Crippen LogP contribution is -2.57. The van der Waals surface area contributed by atoms with E-state index in [4.69, 9.17) is 28.4 Å². The largest absolute Gasteiger partial charge is 0.507 e. The normalized spacial score (nSPS) is 21.7. The van der Waals surface area contributed by atoms with E-state index in [0.29, 0.717) is 26.4 Å². The highest BCUT2D eigenvalue weighted by Crippen LogP contribution is 2.40. The lowest BCUT2D eigenvalue weighted by atomic mass is 9.82. The Bertz CT molecular complexity index is 1560. The van der Waals surface area contributed by atoms with Gasteiger partial charge in [-0.05, 0) is 59.1 Å². The number of aryl methyl sites for hydroxylation is 2. The lowest BCUT2D eigenvalue weighted by Gasteiger charge is -2.48. The van der Waals surface area contributed by atoms with Crippen molar-refractivity contribution in [3.63, 3.8) is 0 Å². The van der Waals surface area contributed by atoms with Crippen LogP contribution in [0.2, 0.25) is 0 Å². The summed E-state index contributed by atoms with van der Waals surface area (Å²) in [5.74, 6) is -0.548. The summed E-state index contributed by atoms with van der Waals surface area (Å²) >= 11 is 0. The summed E-state index contributed by atoms with van der Waals surface area (Å²) in [4.78, 5) is 25.5. The van der Waals surface area contributed by atoms with Crippen LogP contribution in [0.25, 0.3) is 12.2 Å². The van der Waals surface area contributed by atoms with E-state index >= 15 is 0 Å². The van der Waals surface area contributed by atoms with E-state index in [1.807, 2.05) is 107 Å². The molecule has 292 valence electrons. The fourth-order valence-electron chi connectivity index (χ4n) is 6.60. The zero-order chi connectivity index (χ0) is 39.6. The Labute approximate surface area is 315 Å². The van der Waals surface area contributed by atoms with Gasteiger partial charge in [0.2, 0.25) is 0 Å². The molecule has 0 radical (unpaired) electrons. The lowest BCUT2D eigenvalue weighted by molar-refractivity contribution is -0.337. The molecular weight excluding hydrogens is 676 g/mol. The summed E-state index contributed by atoms with van der Waals surface area (Å²) in [6, 6.07) is 7.43. The minimum Gasteiger partial charge on any atom is -0.507 e. The molecule has 0 aliphatic carbocycles. The van der Waals surface area contributed by atoms with Gasteiger partial charge in [-0.2, -0.15) is 0 Å². The Kier molecular flexibility index (Phi) is 12.7. The van der Waals surface area contributed by atoms with Gasteiger partial charge in [0, 0.05) is 34.1 Å². The highest BCUT2D eigenvalue weighted by molar-refractivity contribution is 5.88. The van der Waals surface area contributed by atoms with Gasteiger partial charge in [-0.1, -0.05) is 93.5 Å². The molecule has 2 saturated heterocycles. The minimum atomic E-state index is -0.642. The molecule has 2 aromatic rings. The van der Waals surface area contributed by atoms with Crippen LogP contribution in [0.4, 0.5) is 0 Å². The second-order valence-corrected chi connectivity index (χ2v) is 18.2. The Morgan fingerprint density at radius 3 is 1.26 bits per heavy atom. The Morgan fingerprint density at radius 1 is 0.642 bits per heavy atom. The molecule has 10 heteroatoms. The number of esters is 2. The fraction of sp³-hybridized carbons (Fsp3) is 0.581. The third-order valence-corrected chi connectivity index (χ3v) is 9.73. The van der Waals surface area contributed by atoms with Crippen LogP contribution in [0.1, 0.15) is 103 Å². The maximum atomic E-state index is 12.7. The van der Waals surface area contributed by atoms with Gasteiger partial charge in [-0.3, -0.25) is 0 Å². The van der Waals surface area contributed by atoms with Crippen LogP contribution in [-0.2, 0) is 48.8 Å². The van der Waals surface area contributed by atoms with Gasteiger partial charge in [-0.15, -0.1) is 0 Å². The number of ether oxygens (including phenoxy) is 6. The van der Waals surface area contributed by atoms with E-state index in [0.717, 1.165) is 33.4 Å². The maximum absolute atomic E-state index is 12.7. The van der Waals surface area contributed by atoms with Crippen molar-refractivity contribution in [1.82, 2.24) is 0 Å². The zero-order valence-electron chi connectivity index (χ0n) is 33.7. The Morgan fingerprint density at radius 2 is 0.962 bits per heavy atom. The van der Waals surface area contributed by atoms with E-state index < -0.39 is 40.8 Å². The van der Waals surface area contributed by atoms with E-state index in [1.165, 1.54) is 12.2 Å². The molecule has 2 aromatic carbocycles. The predicted octanol–water partition coefficient (Wildman–Crippen LogP) is 7.91. The summed E-state index contributed by atoms with van der Waals surface area (Å²) in [7, 11) is 0. The number of carbonyl (C=O) groups is 2. The van der Waals surface area contributed by atoms with Crippen LogP contribution in [0, 0.1) is 30.1 Å². The molecule has 0 amide bonds. The quantitative estimate of drug-likeness (QED) is 0.183. The van der Waals surface area contributed by atoms with Crippen molar-refractivity contribution in [2.45, 2.75) is 106 Å². The molecule has 2 aliphatic rings. The number of phenolic OH excluding ortho intramolecular Hbond substituents is 2. The van der Waals surface area contributed by atoms with Crippen molar-refractivity contribution in [1.29, 1.82) is 0 Å². The molecule has 0 atom stereocenters. The van der Waals surface area contributed by atoms with Gasteiger partial charge < -0.3 is 38.6 Å². The van der Waals surface area contributed by atoms with Crippen molar-refractivity contribution >= 4 is 24.1 Å². The van der Waals surface area contributed by atoms with Gasteiger partial charge >= 0.3 is 11.9 Å². The van der Waals surface area contributed by atoms with E-state index in [2.05, 4.69) is 0 Å². The summed E-state index contributed by atoms with van der Waals surface area (Å²) in [6.07, 6.45) is 4.87. The van der Waals surface area contributed by atoms with Gasteiger partial charge in [0.05, 0.1) is 31.8 Å². The molecule has 0 aromatic heterocycles. The van der Waals surface area contributed by atoms with Crippen LogP contribution in [0.5, 0.6) is 11.5 Å². The molecule has 2 heterocycles. The molecule has 10 nitrogen and oxygen atoms in total. The summed E-state index contributed by atoms with van der Waals surface area (Å²) in [5.41, 5.74) is 2.18. The highest BCUT2D eigenvalue weighted by Gasteiger charge is 2.48. The van der Waals surface area contributed by atoms with Crippen LogP contribution >= 0.6 is 0 Å². The maximum Gasteiger partial charge on any atom is 0.330 e. The Hall–Kier alpha value is -3.70. The SMILES string of the molecule is Cc1ccc(/C=C/C(=O)OCC(C)(C)C2OCC3(CO2)COC(C(C)(C)COC(=O)/C=C/c2ccc(C)c(O)c2C(C)(C)C)OC3)c(C(C)(C)C)c1O. The molecule has 0 bridgehead atoms. The first-order valence-corrected chi connectivity index (χ1v) is 18.3. The van der Waals surface area contributed by atoms with Gasteiger partial charge in [0.25, 0.3) is 0 Å². The smallest absolute Gasteiger partial charge is 0.330 e. The van der Waals surface area contributed by atoms with Crippen molar-refractivity contribution in [3.05, 3.63) is 69.8 Å². The highest BCUT2D eigenvalue weighted by atomic mass is 16.7. The third kappa shape index (κ3) is 10.3. The third-order valence-electron chi connectivity index (χ3n) is 9.73. The molecule has 0 unspecified atom stereocenters. The second kappa shape index (κ2) is 16.0. The van der Waals surface area contributed by atoms with Crippen molar-refractivity contribution in [3.8, 4) is 11.5 Å². The zero-order valence-corrected chi connectivity index (χ0v) is 33.7. The first kappa shape index (κ1) is 42.0. The second-order valence-electron chi connectivity index (χ2n) is 18.2. The van der Waals surface area contributed by atoms with E-state index in [-0.39, 0.29) is 35.5 Å². The van der Waals surface area contributed by atoms with Crippen molar-refractivity contribution in [2.24, 2.45) is 16.2 Å². The average molecular weight is 737 g/mol. The van der Waals surface area contributed by atoms with Crippen LogP contribution in [0.3, 0.4) is 0 Å². The number of hydrogen-bond donors (Lipinski definition) is 2. The number of benzene rings is 2. The van der Waals surface area contributed by atoms with Crippen molar-refractivity contribution < 1.29 is 48.2 Å².